The van der Waals surface area contributed by atoms with E-state index in [1.807, 2.05) is 12.1 Å². The monoisotopic (exact) mass is 505 g/mol. The number of nitrogens with zero attached hydrogens (tertiary/aromatic N) is 2. The fraction of sp³-hybridized carbons (Fsp3) is 0.480. The Labute approximate surface area is 207 Å². The molecule has 2 heterocycles. The van der Waals surface area contributed by atoms with Gasteiger partial charge in [-0.05, 0) is 41.7 Å². The number of benzene rings is 2. The van der Waals surface area contributed by atoms with E-state index in [0.717, 1.165) is 38.4 Å². The lowest BCUT2D eigenvalue weighted by Gasteiger charge is -2.31. The summed E-state index contributed by atoms with van der Waals surface area (Å²) in [5.41, 5.74) is 2.90. The number of hydrogen-bond acceptors (Lipinski definition) is 5. The zero-order valence-electron chi connectivity index (χ0n) is 19.3. The van der Waals surface area contributed by atoms with Crippen LogP contribution in [0.4, 0.5) is 0 Å². The molecule has 1 atom stereocenters. The van der Waals surface area contributed by atoms with Crippen LogP contribution in [0, 0.1) is 5.92 Å². The highest BCUT2D eigenvalue weighted by molar-refractivity contribution is 7.88. The van der Waals surface area contributed by atoms with Crippen LogP contribution in [0.1, 0.15) is 29.5 Å². The standard InChI is InChI=1S/C25H32ClN3O4S/c26-24-8-2-6-22(15-24)19-34(31,32)29-9-3-7-23(18-29)25(30)27-16-20-4-1-5-21(14-20)17-28-10-12-33-13-11-28/h1-2,4-6,8,14-15,23H,3,7,9-13,16-19H2,(H,27,30)/t23-/m1/s1. The summed E-state index contributed by atoms with van der Waals surface area (Å²) in [6, 6.07) is 15.1. The summed E-state index contributed by atoms with van der Waals surface area (Å²) >= 11 is 6.00. The number of morpholine rings is 1. The molecule has 9 heteroatoms. The molecule has 0 spiro atoms. The average Bonchev–Trinajstić information content (AvgIpc) is 2.83. The van der Waals surface area contributed by atoms with Crippen molar-refractivity contribution in [3.63, 3.8) is 0 Å². The highest BCUT2D eigenvalue weighted by Gasteiger charge is 2.32. The molecule has 2 fully saturated rings. The van der Waals surface area contributed by atoms with Gasteiger partial charge in [-0.3, -0.25) is 9.69 Å². The van der Waals surface area contributed by atoms with Gasteiger partial charge in [0, 0.05) is 44.3 Å². The largest absolute Gasteiger partial charge is 0.379 e. The molecule has 2 aromatic rings. The van der Waals surface area contributed by atoms with Crippen LogP contribution in [-0.4, -0.2) is 62.9 Å². The highest BCUT2D eigenvalue weighted by atomic mass is 35.5. The maximum Gasteiger partial charge on any atom is 0.224 e. The Morgan fingerprint density at radius 1 is 1.03 bits per heavy atom. The van der Waals surface area contributed by atoms with Gasteiger partial charge in [0.05, 0.1) is 24.9 Å². The van der Waals surface area contributed by atoms with Crippen LogP contribution < -0.4 is 5.32 Å². The summed E-state index contributed by atoms with van der Waals surface area (Å²) < 4.78 is 32.8. The molecule has 0 unspecified atom stereocenters. The molecule has 7 nitrogen and oxygen atoms in total. The predicted octanol–water partition coefficient (Wildman–Crippen LogP) is 3.03. The Morgan fingerprint density at radius 3 is 2.56 bits per heavy atom. The second kappa shape index (κ2) is 11.6. The summed E-state index contributed by atoms with van der Waals surface area (Å²) in [6.45, 7) is 5.35. The van der Waals surface area contributed by atoms with Crippen LogP contribution in [0.15, 0.2) is 48.5 Å². The molecule has 0 aliphatic carbocycles. The molecule has 1 N–H and O–H groups in total. The number of rotatable bonds is 8. The number of amides is 1. The number of nitrogens with one attached hydrogen (secondary N) is 1. The van der Waals surface area contributed by atoms with Crippen molar-refractivity contribution < 1.29 is 17.9 Å². The molecule has 0 radical (unpaired) electrons. The number of carbonyl (C=O) groups excluding carboxylic acids is 1. The van der Waals surface area contributed by atoms with Gasteiger partial charge in [0.2, 0.25) is 15.9 Å². The second-order valence-corrected chi connectivity index (χ2v) is 11.4. The van der Waals surface area contributed by atoms with Gasteiger partial charge in [-0.2, -0.15) is 0 Å². The minimum atomic E-state index is -3.53. The molecular formula is C25H32ClN3O4S. The van der Waals surface area contributed by atoms with E-state index in [-0.39, 0.29) is 24.1 Å². The van der Waals surface area contributed by atoms with Crippen molar-refractivity contribution in [3.05, 3.63) is 70.2 Å². The number of piperidine rings is 1. The summed E-state index contributed by atoms with van der Waals surface area (Å²) in [6.07, 6.45) is 1.36. The van der Waals surface area contributed by atoms with Gasteiger partial charge in [0.1, 0.15) is 0 Å². The first-order chi connectivity index (χ1) is 16.4. The van der Waals surface area contributed by atoms with Crippen molar-refractivity contribution in [3.8, 4) is 0 Å². The van der Waals surface area contributed by atoms with Gasteiger partial charge in [-0.15, -0.1) is 0 Å². The van der Waals surface area contributed by atoms with E-state index in [1.54, 1.807) is 24.3 Å². The topological polar surface area (TPSA) is 79.0 Å². The van der Waals surface area contributed by atoms with Crippen molar-refractivity contribution in [1.82, 2.24) is 14.5 Å². The number of ether oxygens (including phenoxy) is 1. The van der Waals surface area contributed by atoms with Gasteiger partial charge in [0.25, 0.3) is 0 Å². The molecule has 2 aliphatic heterocycles. The lowest BCUT2D eigenvalue weighted by molar-refractivity contribution is -0.126. The summed E-state index contributed by atoms with van der Waals surface area (Å²) in [4.78, 5) is 15.2. The van der Waals surface area contributed by atoms with E-state index in [2.05, 4.69) is 22.3 Å². The third-order valence-electron chi connectivity index (χ3n) is 6.35. The van der Waals surface area contributed by atoms with Crippen LogP contribution in [0.5, 0.6) is 0 Å². The first-order valence-corrected chi connectivity index (χ1v) is 13.8. The molecule has 2 aliphatic rings. The quantitative estimate of drug-likeness (QED) is 0.596. The van der Waals surface area contributed by atoms with Crippen molar-refractivity contribution in [2.24, 2.45) is 5.92 Å². The average molecular weight is 506 g/mol. The predicted molar refractivity (Wildman–Crippen MR) is 133 cm³/mol. The molecule has 2 saturated heterocycles. The Balaban J connectivity index is 1.30. The first kappa shape index (κ1) is 25.1. The molecule has 34 heavy (non-hydrogen) atoms. The zero-order chi connectivity index (χ0) is 24.0. The van der Waals surface area contributed by atoms with Crippen molar-refractivity contribution in [2.45, 2.75) is 31.7 Å². The smallest absolute Gasteiger partial charge is 0.224 e. The Morgan fingerprint density at radius 2 is 1.76 bits per heavy atom. The zero-order valence-corrected chi connectivity index (χ0v) is 20.9. The first-order valence-electron chi connectivity index (χ1n) is 11.8. The van der Waals surface area contributed by atoms with E-state index < -0.39 is 10.0 Å². The maximum absolute atomic E-state index is 13.0. The maximum atomic E-state index is 13.0. The number of carbonyl (C=O) groups is 1. The molecule has 0 saturated carbocycles. The van der Waals surface area contributed by atoms with Gasteiger partial charge in [0.15, 0.2) is 0 Å². The molecule has 4 rings (SSSR count). The third kappa shape index (κ3) is 7.02. The van der Waals surface area contributed by atoms with Gasteiger partial charge >= 0.3 is 0 Å². The van der Waals surface area contributed by atoms with Gasteiger partial charge < -0.3 is 10.1 Å². The van der Waals surface area contributed by atoms with E-state index in [0.29, 0.717) is 36.5 Å². The molecule has 0 bridgehead atoms. The molecular weight excluding hydrogens is 474 g/mol. The van der Waals surface area contributed by atoms with E-state index in [1.165, 1.54) is 9.87 Å². The summed E-state index contributed by atoms with van der Waals surface area (Å²) in [5.74, 6) is -0.557. The number of halogens is 1. The van der Waals surface area contributed by atoms with Crippen LogP contribution >= 0.6 is 11.6 Å². The lowest BCUT2D eigenvalue weighted by Crippen LogP contribution is -2.45. The Kier molecular flexibility index (Phi) is 8.60. The van der Waals surface area contributed by atoms with Crippen LogP contribution in [0.3, 0.4) is 0 Å². The molecule has 0 aromatic heterocycles. The van der Waals surface area contributed by atoms with Crippen LogP contribution in [-0.2, 0) is 38.4 Å². The third-order valence-corrected chi connectivity index (χ3v) is 8.41. The lowest BCUT2D eigenvalue weighted by atomic mass is 9.98. The van der Waals surface area contributed by atoms with E-state index >= 15 is 0 Å². The SMILES string of the molecule is O=C(NCc1cccc(CN2CCOCC2)c1)[C@@H]1CCCN(S(=O)(=O)Cc2cccc(Cl)c2)C1. The second-order valence-electron chi connectivity index (χ2n) is 9.01. The molecule has 184 valence electrons. The van der Waals surface area contributed by atoms with Crippen molar-refractivity contribution in [2.75, 3.05) is 39.4 Å². The van der Waals surface area contributed by atoms with Crippen LogP contribution in [0.2, 0.25) is 5.02 Å². The number of sulfonamides is 1. The van der Waals surface area contributed by atoms with Gasteiger partial charge in [-0.25, -0.2) is 12.7 Å². The fourth-order valence-electron chi connectivity index (χ4n) is 4.53. The molecule has 2 aromatic carbocycles. The van der Waals surface area contributed by atoms with Gasteiger partial charge in [-0.1, -0.05) is 48.0 Å². The minimum absolute atomic E-state index is 0.0961. The minimum Gasteiger partial charge on any atom is -0.379 e. The normalized spacial score (nSPS) is 20.2. The Hall–Kier alpha value is -1.97. The Bertz CT molecular complexity index is 1090. The van der Waals surface area contributed by atoms with Crippen molar-refractivity contribution >= 4 is 27.5 Å². The number of hydrogen-bond donors (Lipinski definition) is 1. The van der Waals surface area contributed by atoms with Crippen molar-refractivity contribution in [1.29, 1.82) is 0 Å². The fourth-order valence-corrected chi connectivity index (χ4v) is 6.34. The highest BCUT2D eigenvalue weighted by Crippen LogP contribution is 2.23. The van der Waals surface area contributed by atoms with E-state index in [4.69, 9.17) is 16.3 Å². The van der Waals surface area contributed by atoms with Crippen LogP contribution in [0.25, 0.3) is 0 Å². The van der Waals surface area contributed by atoms with E-state index in [9.17, 15) is 13.2 Å². The summed E-state index contributed by atoms with van der Waals surface area (Å²) in [5, 5.41) is 3.53. The molecule has 1 amide bonds. The summed E-state index contributed by atoms with van der Waals surface area (Å²) in [7, 11) is -3.53.